The maximum absolute atomic E-state index is 13.0. The maximum Gasteiger partial charge on any atom is 0.329 e. The lowest BCUT2D eigenvalue weighted by Gasteiger charge is -2.27. The van der Waals surface area contributed by atoms with Gasteiger partial charge in [0.25, 0.3) is 0 Å². The summed E-state index contributed by atoms with van der Waals surface area (Å²) in [6.45, 7) is 9.20. The standard InChI is InChI=1S/C47H65N9O6/c1-3-4-22-50-46-51-31-38-39(32-55(44(38)53-46)36-14-16-37(57)17-15-36)35-12-9-34(10-13-35)30-49-24-23-48-21-6-26-62-28-7-27-61-25-5-8-33-11-18-40-42(29-33)54(2)47(60)56(40)41-19-20-43(58)52-45(41)59/h9-13,18,29,31-32,36-37,41,48-49,57H,3-8,14-17,19-28,30H2,1-2H3,(H,50,51,53)(H,52,58,59)/t36-,37-,41-/m0/s1. The second kappa shape index (κ2) is 22.4. The number of piperidine rings is 1. The van der Waals surface area contributed by atoms with Gasteiger partial charge < -0.3 is 35.1 Å². The quantitative estimate of drug-likeness (QED) is 0.0389. The molecule has 5 N–H and O–H groups in total. The summed E-state index contributed by atoms with van der Waals surface area (Å²) in [4.78, 5) is 46.7. The van der Waals surface area contributed by atoms with Gasteiger partial charge in [-0.2, -0.15) is 4.98 Å². The number of rotatable bonds is 24. The number of benzene rings is 2. The van der Waals surface area contributed by atoms with Crippen molar-refractivity contribution < 1.29 is 24.2 Å². The van der Waals surface area contributed by atoms with Gasteiger partial charge >= 0.3 is 5.69 Å². The number of fused-ring (bicyclic) bond motifs is 2. The molecule has 15 nitrogen and oxygen atoms in total. The number of hydrogen-bond donors (Lipinski definition) is 5. The zero-order chi connectivity index (χ0) is 43.3. The molecule has 1 saturated carbocycles. The van der Waals surface area contributed by atoms with Crippen molar-refractivity contribution in [3.8, 4) is 11.1 Å². The minimum Gasteiger partial charge on any atom is -0.393 e. The Hall–Kier alpha value is -4.93. The summed E-state index contributed by atoms with van der Waals surface area (Å²) in [5.74, 6) is -0.0493. The van der Waals surface area contributed by atoms with E-state index in [9.17, 15) is 19.5 Å². The van der Waals surface area contributed by atoms with Crippen molar-refractivity contribution in [2.75, 3.05) is 57.9 Å². The molecule has 15 heteroatoms. The van der Waals surface area contributed by atoms with E-state index in [0.717, 1.165) is 130 Å². The smallest absolute Gasteiger partial charge is 0.329 e. The Morgan fingerprint density at radius 3 is 2.34 bits per heavy atom. The number of hydrogen-bond acceptors (Lipinski definition) is 11. The van der Waals surface area contributed by atoms with Gasteiger partial charge in [-0.05, 0) is 99.6 Å². The molecule has 2 fully saturated rings. The molecule has 1 saturated heterocycles. The van der Waals surface area contributed by atoms with Crippen molar-refractivity contribution in [3.63, 3.8) is 0 Å². The van der Waals surface area contributed by atoms with E-state index in [2.05, 4.69) is 68.2 Å². The van der Waals surface area contributed by atoms with Crippen LogP contribution in [0.15, 0.2) is 59.7 Å². The summed E-state index contributed by atoms with van der Waals surface area (Å²) >= 11 is 0. The van der Waals surface area contributed by atoms with Crippen LogP contribution in [0.2, 0.25) is 0 Å². The lowest BCUT2D eigenvalue weighted by atomic mass is 9.93. The number of imidazole rings is 1. The number of aryl methyl sites for hydroxylation is 2. The van der Waals surface area contributed by atoms with E-state index in [4.69, 9.17) is 14.5 Å². The van der Waals surface area contributed by atoms with Crippen LogP contribution < -0.4 is 27.0 Å². The first-order chi connectivity index (χ1) is 30.3. The maximum atomic E-state index is 13.0. The number of nitrogens with zero attached hydrogens (tertiary/aromatic N) is 5. The van der Waals surface area contributed by atoms with Gasteiger partial charge in [-0.25, -0.2) is 9.78 Å². The molecule has 2 amide bonds. The third-order valence-electron chi connectivity index (χ3n) is 12.2. The fraction of sp³-hybridized carbons (Fsp3) is 0.553. The van der Waals surface area contributed by atoms with Crippen LogP contribution in [-0.4, -0.2) is 99.3 Å². The summed E-state index contributed by atoms with van der Waals surface area (Å²) in [5, 5.41) is 24.0. The summed E-state index contributed by atoms with van der Waals surface area (Å²) in [7, 11) is 1.71. The highest BCUT2D eigenvalue weighted by atomic mass is 16.5. The fourth-order valence-electron chi connectivity index (χ4n) is 8.61. The lowest BCUT2D eigenvalue weighted by Crippen LogP contribution is -2.44. The highest BCUT2D eigenvalue weighted by molar-refractivity contribution is 6.00. The number of aliphatic hydroxyl groups excluding tert-OH is 1. The molecule has 0 unspecified atom stereocenters. The van der Waals surface area contributed by atoms with Crippen molar-refractivity contribution in [2.45, 2.75) is 109 Å². The normalized spacial score (nSPS) is 18.2. The molecule has 2 aromatic carbocycles. The molecule has 0 radical (unpaired) electrons. The van der Waals surface area contributed by atoms with Gasteiger partial charge in [-0.1, -0.05) is 43.7 Å². The van der Waals surface area contributed by atoms with E-state index < -0.39 is 11.9 Å². The predicted molar refractivity (Wildman–Crippen MR) is 242 cm³/mol. The molecule has 1 aliphatic carbocycles. The Morgan fingerprint density at radius 2 is 1.56 bits per heavy atom. The van der Waals surface area contributed by atoms with Gasteiger partial charge in [0, 0.05) is 95.5 Å². The van der Waals surface area contributed by atoms with Crippen LogP contribution in [0, 0.1) is 0 Å². The highest BCUT2D eigenvalue weighted by Crippen LogP contribution is 2.37. The average Bonchev–Trinajstić information content (AvgIpc) is 3.77. The summed E-state index contributed by atoms with van der Waals surface area (Å²) in [6.07, 6.45) is 13.8. The SMILES string of the molecule is CCCCNc1ncc2c(-c3ccc(CNCCNCCCOCCCOCCCc4ccc5c(c4)n(C)c(=O)n5[C@H]4CCC(=O)NC4=O)cc3)cn([C@H]3CC[C@H](O)CC3)c2n1. The summed E-state index contributed by atoms with van der Waals surface area (Å²) in [6, 6.07) is 14.3. The van der Waals surface area contributed by atoms with Crippen LogP contribution in [0.5, 0.6) is 0 Å². The molecule has 1 atom stereocenters. The second-order valence-corrected chi connectivity index (χ2v) is 16.8. The average molecular weight is 852 g/mol. The van der Waals surface area contributed by atoms with Crippen LogP contribution in [-0.2, 0) is 39.1 Å². The molecule has 1 aliphatic heterocycles. The van der Waals surface area contributed by atoms with Gasteiger partial charge in [0.1, 0.15) is 11.7 Å². The first-order valence-electron chi connectivity index (χ1n) is 22.8. The molecule has 5 aromatic rings. The van der Waals surface area contributed by atoms with Crippen molar-refractivity contribution in [1.29, 1.82) is 0 Å². The zero-order valence-electron chi connectivity index (χ0n) is 36.5. The topological polar surface area (TPSA) is 179 Å². The Morgan fingerprint density at radius 1 is 0.823 bits per heavy atom. The molecule has 0 spiro atoms. The molecule has 7 rings (SSSR count). The largest absolute Gasteiger partial charge is 0.393 e. The molecular formula is C47H65N9O6. The van der Waals surface area contributed by atoms with Gasteiger partial charge in [0.05, 0.1) is 17.1 Å². The molecule has 2 aliphatic rings. The van der Waals surface area contributed by atoms with Crippen LogP contribution in [0.1, 0.15) is 101 Å². The van der Waals surface area contributed by atoms with E-state index in [1.165, 1.54) is 10.1 Å². The number of aromatic nitrogens is 5. The van der Waals surface area contributed by atoms with E-state index in [1.807, 2.05) is 24.4 Å². The minimum atomic E-state index is -0.679. The fourth-order valence-corrected chi connectivity index (χ4v) is 8.61. The Kier molecular flexibility index (Phi) is 16.3. The molecule has 62 heavy (non-hydrogen) atoms. The molecular weight excluding hydrogens is 787 g/mol. The molecule has 334 valence electrons. The third kappa shape index (κ3) is 11.5. The van der Waals surface area contributed by atoms with Crippen LogP contribution >= 0.6 is 0 Å². The van der Waals surface area contributed by atoms with Gasteiger partial charge in [-0.15, -0.1) is 0 Å². The van der Waals surface area contributed by atoms with Gasteiger partial charge in [-0.3, -0.25) is 24.0 Å². The van der Waals surface area contributed by atoms with Crippen molar-refractivity contribution in [1.82, 2.24) is 39.6 Å². The third-order valence-corrected chi connectivity index (χ3v) is 12.2. The number of carbonyl (C=O) groups excluding carboxylic acids is 2. The Bertz CT molecular complexity index is 2290. The monoisotopic (exact) mass is 852 g/mol. The summed E-state index contributed by atoms with van der Waals surface area (Å²) in [5.41, 5.74) is 6.82. The second-order valence-electron chi connectivity index (χ2n) is 16.8. The predicted octanol–water partition coefficient (Wildman–Crippen LogP) is 5.54. The van der Waals surface area contributed by atoms with Gasteiger partial charge in [0.15, 0.2) is 0 Å². The van der Waals surface area contributed by atoms with Crippen molar-refractivity contribution >= 4 is 39.8 Å². The summed E-state index contributed by atoms with van der Waals surface area (Å²) < 4.78 is 17.1. The minimum absolute atomic E-state index is 0.201. The van der Waals surface area contributed by atoms with Crippen LogP contribution in [0.4, 0.5) is 5.95 Å². The van der Waals surface area contributed by atoms with Crippen LogP contribution in [0.3, 0.4) is 0 Å². The number of amides is 2. The first-order valence-corrected chi connectivity index (χ1v) is 22.8. The van der Waals surface area contributed by atoms with Crippen molar-refractivity contribution in [2.24, 2.45) is 7.05 Å². The first kappa shape index (κ1) is 45.1. The number of aliphatic hydroxyl groups is 1. The molecule has 3 aromatic heterocycles. The Balaban J connectivity index is 0.732. The zero-order valence-corrected chi connectivity index (χ0v) is 36.5. The number of nitrogens with one attached hydrogen (secondary N) is 4. The van der Waals surface area contributed by atoms with E-state index in [1.54, 1.807) is 11.6 Å². The number of anilines is 1. The number of unbranched alkanes of at least 4 members (excludes halogenated alkanes) is 1. The van der Waals surface area contributed by atoms with E-state index in [-0.39, 0.29) is 24.1 Å². The molecule has 4 heterocycles. The highest BCUT2D eigenvalue weighted by Gasteiger charge is 2.31. The van der Waals surface area contributed by atoms with Crippen molar-refractivity contribution in [3.05, 3.63) is 76.5 Å². The lowest BCUT2D eigenvalue weighted by molar-refractivity contribution is -0.135. The van der Waals surface area contributed by atoms with Crippen LogP contribution in [0.25, 0.3) is 33.2 Å². The Labute approximate surface area is 364 Å². The van der Waals surface area contributed by atoms with Gasteiger partial charge in [0.2, 0.25) is 17.8 Å². The van der Waals surface area contributed by atoms with E-state index >= 15 is 0 Å². The van der Waals surface area contributed by atoms with E-state index in [0.29, 0.717) is 50.4 Å². The number of carbonyl (C=O) groups is 2. The number of ether oxygens (including phenoxy) is 2. The number of imide groups is 1. The molecule has 0 bridgehead atoms.